The van der Waals surface area contributed by atoms with Crippen LogP contribution in [0.1, 0.15) is 17.3 Å². The Morgan fingerprint density at radius 2 is 2.24 bits per heavy atom. The lowest BCUT2D eigenvalue weighted by Gasteiger charge is -2.14. The van der Waals surface area contributed by atoms with Gasteiger partial charge in [0.25, 0.3) is 5.91 Å². The number of benzene rings is 1. The molecule has 0 unspecified atom stereocenters. The van der Waals surface area contributed by atoms with Gasteiger partial charge < -0.3 is 16.0 Å². The highest BCUT2D eigenvalue weighted by Gasteiger charge is 2.09. The predicted octanol–water partition coefficient (Wildman–Crippen LogP) is 1.60. The third kappa shape index (κ3) is 4.24. The molecule has 0 heterocycles. The van der Waals surface area contributed by atoms with Gasteiger partial charge in [-0.15, -0.1) is 0 Å². The van der Waals surface area contributed by atoms with Crippen LogP contribution in [0.4, 0.5) is 5.69 Å². The number of nitrogen functional groups attached to an aromatic ring is 1. The Bertz CT molecular complexity index is 395. The average Bonchev–Trinajstić information content (AvgIpc) is 2.28. The normalized spacial score (nSPS) is 10.6. The smallest absolute Gasteiger partial charge is 0.252 e. The molecule has 0 saturated carbocycles. The van der Waals surface area contributed by atoms with Crippen LogP contribution in [0.2, 0.25) is 5.02 Å². The monoisotopic (exact) mass is 255 g/mol. The van der Waals surface area contributed by atoms with Crippen molar-refractivity contribution in [3.8, 4) is 0 Å². The number of hydrogen-bond acceptors (Lipinski definition) is 3. The molecular formula is C12H18ClN3O. The molecule has 0 aliphatic heterocycles. The highest BCUT2D eigenvalue weighted by Crippen LogP contribution is 2.18. The van der Waals surface area contributed by atoms with E-state index in [0.29, 0.717) is 22.8 Å². The summed E-state index contributed by atoms with van der Waals surface area (Å²) in [4.78, 5) is 13.9. The van der Waals surface area contributed by atoms with E-state index in [1.807, 2.05) is 7.05 Å². The molecule has 1 aromatic carbocycles. The van der Waals surface area contributed by atoms with Crippen molar-refractivity contribution in [1.82, 2.24) is 10.2 Å². The number of nitrogens with one attached hydrogen (secondary N) is 1. The van der Waals surface area contributed by atoms with Crippen LogP contribution in [0.5, 0.6) is 0 Å². The quantitative estimate of drug-likeness (QED) is 0.786. The maximum Gasteiger partial charge on any atom is 0.252 e. The topological polar surface area (TPSA) is 58.4 Å². The number of carbonyl (C=O) groups is 1. The minimum Gasteiger partial charge on any atom is -0.399 e. The van der Waals surface area contributed by atoms with Gasteiger partial charge in [0.05, 0.1) is 10.6 Å². The molecule has 0 atom stereocenters. The first kappa shape index (κ1) is 13.8. The predicted molar refractivity (Wildman–Crippen MR) is 71.4 cm³/mol. The minimum absolute atomic E-state index is 0.167. The first-order valence-electron chi connectivity index (χ1n) is 5.56. The van der Waals surface area contributed by atoms with E-state index in [2.05, 4.69) is 17.1 Å². The highest BCUT2D eigenvalue weighted by molar-refractivity contribution is 6.34. The molecule has 1 aromatic rings. The van der Waals surface area contributed by atoms with Crippen LogP contribution in [0, 0.1) is 0 Å². The van der Waals surface area contributed by atoms with Crippen molar-refractivity contribution in [3.63, 3.8) is 0 Å². The molecule has 0 aliphatic rings. The third-order valence-electron chi connectivity index (χ3n) is 2.56. The van der Waals surface area contributed by atoms with Crippen LogP contribution in [-0.4, -0.2) is 37.5 Å². The van der Waals surface area contributed by atoms with Crippen LogP contribution in [0.3, 0.4) is 0 Å². The van der Waals surface area contributed by atoms with Crippen LogP contribution < -0.4 is 11.1 Å². The van der Waals surface area contributed by atoms with Gasteiger partial charge in [-0.25, -0.2) is 0 Å². The summed E-state index contributed by atoms with van der Waals surface area (Å²) in [5.74, 6) is -0.167. The van der Waals surface area contributed by atoms with Crippen molar-refractivity contribution in [2.75, 3.05) is 32.4 Å². The molecule has 17 heavy (non-hydrogen) atoms. The Morgan fingerprint density at radius 1 is 1.53 bits per heavy atom. The van der Waals surface area contributed by atoms with Crippen molar-refractivity contribution in [3.05, 3.63) is 28.8 Å². The van der Waals surface area contributed by atoms with Gasteiger partial charge in [0.1, 0.15) is 0 Å². The van der Waals surface area contributed by atoms with E-state index in [1.165, 1.54) is 0 Å². The molecule has 3 N–H and O–H groups in total. The first-order valence-corrected chi connectivity index (χ1v) is 5.94. The van der Waals surface area contributed by atoms with Gasteiger partial charge in [-0.05, 0) is 31.8 Å². The second-order valence-corrected chi connectivity index (χ2v) is 4.30. The van der Waals surface area contributed by atoms with E-state index in [1.54, 1.807) is 18.2 Å². The molecule has 0 aliphatic carbocycles. The number of anilines is 1. The van der Waals surface area contributed by atoms with Crippen LogP contribution in [0.25, 0.3) is 0 Å². The van der Waals surface area contributed by atoms with Gasteiger partial charge in [0.2, 0.25) is 0 Å². The Kier molecular flexibility index (Phi) is 5.25. The number of amides is 1. The zero-order valence-electron chi connectivity index (χ0n) is 10.2. The van der Waals surface area contributed by atoms with Gasteiger partial charge in [-0.1, -0.05) is 18.5 Å². The Hall–Kier alpha value is -1.26. The van der Waals surface area contributed by atoms with E-state index in [-0.39, 0.29) is 5.91 Å². The molecule has 5 heteroatoms. The molecule has 94 valence electrons. The fourth-order valence-electron chi connectivity index (χ4n) is 1.33. The maximum atomic E-state index is 11.8. The SMILES string of the molecule is CCN(C)CCNC(=O)c1ccc(N)cc1Cl. The molecule has 0 spiro atoms. The van der Waals surface area contributed by atoms with Crippen molar-refractivity contribution in [2.45, 2.75) is 6.92 Å². The fraction of sp³-hybridized carbons (Fsp3) is 0.417. The standard InChI is InChI=1S/C12H18ClN3O/c1-3-16(2)7-6-15-12(17)10-5-4-9(14)8-11(10)13/h4-5,8H,3,6-7,14H2,1-2H3,(H,15,17). The summed E-state index contributed by atoms with van der Waals surface area (Å²) < 4.78 is 0. The van der Waals surface area contributed by atoms with Crippen molar-refractivity contribution >= 4 is 23.2 Å². The highest BCUT2D eigenvalue weighted by atomic mass is 35.5. The van der Waals surface area contributed by atoms with Crippen molar-refractivity contribution in [1.29, 1.82) is 0 Å². The Morgan fingerprint density at radius 3 is 2.82 bits per heavy atom. The maximum absolute atomic E-state index is 11.8. The summed E-state index contributed by atoms with van der Waals surface area (Å²) in [6.45, 7) is 4.44. The number of likely N-dealkylation sites (N-methyl/N-ethyl adjacent to an activating group) is 1. The second kappa shape index (κ2) is 6.47. The molecule has 1 rings (SSSR count). The third-order valence-corrected chi connectivity index (χ3v) is 2.87. The number of nitrogens with two attached hydrogens (primary N) is 1. The lowest BCUT2D eigenvalue weighted by Crippen LogP contribution is -2.33. The zero-order valence-corrected chi connectivity index (χ0v) is 10.9. The number of hydrogen-bond donors (Lipinski definition) is 2. The van der Waals surface area contributed by atoms with Gasteiger partial charge in [-0.3, -0.25) is 4.79 Å². The number of rotatable bonds is 5. The van der Waals surface area contributed by atoms with Gasteiger partial charge in [-0.2, -0.15) is 0 Å². The zero-order chi connectivity index (χ0) is 12.8. The molecule has 0 fully saturated rings. The summed E-state index contributed by atoms with van der Waals surface area (Å²) in [5, 5.41) is 3.20. The molecule has 0 aromatic heterocycles. The summed E-state index contributed by atoms with van der Waals surface area (Å²) in [6.07, 6.45) is 0. The fourth-order valence-corrected chi connectivity index (χ4v) is 1.60. The van der Waals surface area contributed by atoms with E-state index in [0.717, 1.165) is 13.1 Å². The number of halogens is 1. The molecule has 4 nitrogen and oxygen atoms in total. The summed E-state index contributed by atoms with van der Waals surface area (Å²) in [7, 11) is 2.00. The van der Waals surface area contributed by atoms with E-state index < -0.39 is 0 Å². The molecule has 0 saturated heterocycles. The minimum atomic E-state index is -0.167. The number of nitrogens with zero attached hydrogens (tertiary/aromatic N) is 1. The largest absolute Gasteiger partial charge is 0.399 e. The second-order valence-electron chi connectivity index (χ2n) is 3.89. The summed E-state index contributed by atoms with van der Waals surface area (Å²) in [6, 6.07) is 4.88. The van der Waals surface area contributed by atoms with E-state index in [4.69, 9.17) is 17.3 Å². The Labute approximate surface area is 107 Å². The van der Waals surface area contributed by atoms with Gasteiger partial charge in [0.15, 0.2) is 0 Å². The summed E-state index contributed by atoms with van der Waals surface area (Å²) in [5.41, 5.74) is 6.57. The average molecular weight is 256 g/mol. The number of carbonyl (C=O) groups excluding carboxylic acids is 1. The van der Waals surface area contributed by atoms with Crippen molar-refractivity contribution < 1.29 is 4.79 Å². The molecule has 0 bridgehead atoms. The van der Waals surface area contributed by atoms with E-state index >= 15 is 0 Å². The first-order chi connectivity index (χ1) is 8.04. The molecule has 0 radical (unpaired) electrons. The van der Waals surface area contributed by atoms with E-state index in [9.17, 15) is 4.79 Å². The van der Waals surface area contributed by atoms with Gasteiger partial charge in [0, 0.05) is 18.8 Å². The molecular weight excluding hydrogens is 238 g/mol. The van der Waals surface area contributed by atoms with Crippen molar-refractivity contribution in [2.24, 2.45) is 0 Å². The van der Waals surface area contributed by atoms with Crippen LogP contribution in [0.15, 0.2) is 18.2 Å². The lowest BCUT2D eigenvalue weighted by atomic mass is 10.2. The summed E-state index contributed by atoms with van der Waals surface area (Å²) >= 11 is 5.94. The Balaban J connectivity index is 2.52. The van der Waals surface area contributed by atoms with Gasteiger partial charge >= 0.3 is 0 Å². The molecule has 1 amide bonds. The van der Waals surface area contributed by atoms with Crippen LogP contribution in [-0.2, 0) is 0 Å². The van der Waals surface area contributed by atoms with Crippen LogP contribution >= 0.6 is 11.6 Å². The lowest BCUT2D eigenvalue weighted by molar-refractivity contribution is 0.0950.